The summed E-state index contributed by atoms with van der Waals surface area (Å²) in [6.45, 7) is -0.0745. The molecule has 6 rings (SSSR count). The van der Waals surface area contributed by atoms with Crippen LogP contribution in [0.4, 0.5) is 17.6 Å². The molecule has 1 unspecified atom stereocenters. The second-order valence-electron chi connectivity index (χ2n) is 9.99. The van der Waals surface area contributed by atoms with Crippen molar-refractivity contribution in [3.05, 3.63) is 95.1 Å². The fourth-order valence-corrected chi connectivity index (χ4v) is 7.11. The molecule has 0 radical (unpaired) electrons. The van der Waals surface area contributed by atoms with Crippen molar-refractivity contribution in [2.45, 2.75) is 30.0 Å². The average Bonchev–Trinajstić information content (AvgIpc) is 3.57. The zero-order chi connectivity index (χ0) is 29.1. The molecule has 14 heteroatoms. The quantitative estimate of drug-likeness (QED) is 0.219. The number of piperidine rings is 1. The second kappa shape index (κ2) is 9.73. The first-order valence-corrected chi connectivity index (χ1v) is 14.0. The van der Waals surface area contributed by atoms with Gasteiger partial charge >= 0.3 is 6.18 Å². The molecular formula is C27H23F4N6O3S+. The number of nitrogens with zero attached hydrogens (tertiary/aromatic N) is 5. The van der Waals surface area contributed by atoms with Gasteiger partial charge in [0.25, 0.3) is 10.0 Å². The van der Waals surface area contributed by atoms with Crippen LogP contribution in [0.3, 0.4) is 0 Å². The molecule has 0 spiro atoms. The number of hydrogen-bond donors (Lipinski definition) is 1. The number of aromatic amines is 1. The number of rotatable bonds is 5. The summed E-state index contributed by atoms with van der Waals surface area (Å²) in [5, 5.41) is 7.18. The Kier molecular flexibility index (Phi) is 6.41. The summed E-state index contributed by atoms with van der Waals surface area (Å²) >= 11 is 0. The number of carbonyl (C=O) groups excluding carboxylic acids is 1. The van der Waals surface area contributed by atoms with Crippen LogP contribution in [0.25, 0.3) is 11.8 Å². The van der Waals surface area contributed by atoms with E-state index >= 15 is 0 Å². The standard InChI is InChI=1S/C27H22F4N6O3S/c1-35-15-21(14-33-35)41(39,40)36-9-7-16-11-24-17(13-34-37(24)20-4-2-19(28)3-5-20)10-22(16)25(36)26(38)23-12-18(6-8-32-23)27(29,30)31/h2-6,8,11-15,22,25H,7,9-10H2,1H3/p+1/t22?,25-/m0/s1. The molecule has 1 aromatic carbocycles. The van der Waals surface area contributed by atoms with E-state index in [-0.39, 0.29) is 24.3 Å². The fraction of sp³-hybridized carbons (Fsp3) is 0.259. The molecule has 0 saturated carbocycles. The third kappa shape index (κ3) is 4.76. The highest BCUT2D eigenvalue weighted by Gasteiger charge is 2.48. The van der Waals surface area contributed by atoms with Crippen LogP contribution in [-0.2, 0) is 29.7 Å². The van der Waals surface area contributed by atoms with Crippen molar-refractivity contribution in [2.75, 3.05) is 6.54 Å². The summed E-state index contributed by atoms with van der Waals surface area (Å²) in [5.41, 5.74) is 1.27. The van der Waals surface area contributed by atoms with E-state index in [2.05, 4.69) is 15.2 Å². The minimum absolute atomic E-state index is 0.0745. The summed E-state index contributed by atoms with van der Waals surface area (Å²) in [7, 11) is -2.62. The van der Waals surface area contributed by atoms with E-state index in [4.69, 9.17) is 0 Å². The highest BCUT2D eigenvalue weighted by Crippen LogP contribution is 2.41. The predicted octanol–water partition coefficient (Wildman–Crippen LogP) is 3.48. The summed E-state index contributed by atoms with van der Waals surface area (Å²) in [6, 6.07) is 5.83. The van der Waals surface area contributed by atoms with E-state index in [1.807, 2.05) is 6.08 Å². The third-order valence-corrected chi connectivity index (χ3v) is 9.30. The van der Waals surface area contributed by atoms with Gasteiger partial charge in [-0.25, -0.2) is 17.5 Å². The van der Waals surface area contributed by atoms with Crippen LogP contribution in [0.1, 0.15) is 33.7 Å². The maximum Gasteiger partial charge on any atom is 0.416 e. The van der Waals surface area contributed by atoms with Gasteiger partial charge in [-0.1, -0.05) is 5.57 Å². The SMILES string of the molecule is C[n+]1cc(S(=O)(=O)N2CCC3=Cc4c(cnn4-c4ccc(F)cc4)CC3[C@H]2C(=O)c2cc(C(F)(F)F)ccn2)c[nH]1. The summed E-state index contributed by atoms with van der Waals surface area (Å²) < 4.78 is 85.6. The Hall–Kier alpha value is -4.17. The lowest BCUT2D eigenvalue weighted by Gasteiger charge is -2.42. The zero-order valence-corrected chi connectivity index (χ0v) is 22.3. The topological polar surface area (TPSA) is 105 Å². The Morgan fingerprint density at radius 3 is 2.61 bits per heavy atom. The smallest absolute Gasteiger partial charge is 0.291 e. The Bertz CT molecular complexity index is 1790. The van der Waals surface area contributed by atoms with Crippen molar-refractivity contribution in [1.29, 1.82) is 0 Å². The molecule has 1 aliphatic heterocycles. The van der Waals surface area contributed by atoms with E-state index in [1.54, 1.807) is 30.1 Å². The Morgan fingerprint density at radius 1 is 1.17 bits per heavy atom. The van der Waals surface area contributed by atoms with Crippen molar-refractivity contribution in [3.8, 4) is 5.69 Å². The van der Waals surface area contributed by atoms with Crippen molar-refractivity contribution < 1.29 is 35.5 Å². The maximum absolute atomic E-state index is 14.0. The third-order valence-electron chi connectivity index (χ3n) is 7.45. The van der Waals surface area contributed by atoms with Crippen LogP contribution < -0.4 is 4.68 Å². The molecule has 0 bridgehead atoms. The van der Waals surface area contributed by atoms with Crippen LogP contribution >= 0.6 is 0 Å². The number of alkyl halides is 3. The van der Waals surface area contributed by atoms with Gasteiger partial charge < -0.3 is 0 Å². The monoisotopic (exact) mass is 587 g/mol. The number of benzene rings is 1. The molecule has 4 aromatic rings. The first kappa shape index (κ1) is 27.0. The van der Waals surface area contributed by atoms with Gasteiger partial charge in [-0.15, -0.1) is 4.68 Å². The lowest BCUT2D eigenvalue weighted by Crippen LogP contribution is -2.54. The number of pyridine rings is 1. The molecule has 0 amide bonds. The van der Waals surface area contributed by atoms with Crippen molar-refractivity contribution in [3.63, 3.8) is 0 Å². The van der Waals surface area contributed by atoms with E-state index in [0.29, 0.717) is 23.0 Å². The Morgan fingerprint density at radius 2 is 1.93 bits per heavy atom. The number of sulfonamides is 1. The number of ketones is 1. The van der Waals surface area contributed by atoms with Crippen molar-refractivity contribution >= 4 is 21.9 Å². The van der Waals surface area contributed by atoms with Crippen LogP contribution in [-0.4, -0.2) is 51.0 Å². The molecule has 1 saturated heterocycles. The maximum atomic E-state index is 14.0. The molecule has 1 fully saturated rings. The molecule has 3 aromatic heterocycles. The molecule has 9 nitrogen and oxygen atoms in total. The van der Waals surface area contributed by atoms with Crippen LogP contribution in [0.5, 0.6) is 0 Å². The number of carbonyl (C=O) groups is 1. The van der Waals surface area contributed by atoms with E-state index in [1.165, 1.54) is 29.2 Å². The van der Waals surface area contributed by atoms with Crippen LogP contribution in [0.2, 0.25) is 0 Å². The molecule has 2 aliphatic rings. The Labute approximate surface area is 231 Å². The number of hydrogen-bond acceptors (Lipinski definition) is 5. The first-order valence-electron chi connectivity index (χ1n) is 12.6. The number of nitrogens with one attached hydrogen (secondary N) is 1. The van der Waals surface area contributed by atoms with Gasteiger partial charge in [0.2, 0.25) is 6.20 Å². The molecule has 1 aliphatic carbocycles. The summed E-state index contributed by atoms with van der Waals surface area (Å²) in [4.78, 5) is 17.8. The number of aryl methyl sites for hydroxylation is 1. The molecule has 41 heavy (non-hydrogen) atoms. The molecule has 4 heterocycles. The highest BCUT2D eigenvalue weighted by atomic mass is 32.2. The minimum atomic E-state index is -4.71. The van der Waals surface area contributed by atoms with Crippen molar-refractivity contribution in [1.82, 2.24) is 24.2 Å². The minimum Gasteiger partial charge on any atom is -0.291 e. The van der Waals surface area contributed by atoms with Gasteiger partial charge in [-0.05, 0) is 60.9 Å². The van der Waals surface area contributed by atoms with Crippen LogP contribution in [0, 0.1) is 11.7 Å². The van der Waals surface area contributed by atoms with Gasteiger partial charge in [0.05, 0.1) is 35.4 Å². The summed E-state index contributed by atoms with van der Waals surface area (Å²) in [6.07, 6.45) is 2.75. The number of halogens is 4. The van der Waals surface area contributed by atoms with Gasteiger partial charge in [0, 0.05) is 18.7 Å². The normalized spacial score (nSPS) is 19.4. The fourth-order valence-electron chi connectivity index (χ4n) is 5.48. The molecule has 2 atom stereocenters. The van der Waals surface area contributed by atoms with Crippen molar-refractivity contribution in [2.24, 2.45) is 13.0 Å². The van der Waals surface area contributed by atoms with Gasteiger partial charge in [-0.3, -0.25) is 9.78 Å². The van der Waals surface area contributed by atoms with Gasteiger partial charge in [0.15, 0.2) is 17.7 Å². The Balaban J connectivity index is 1.44. The van der Waals surface area contributed by atoms with E-state index < -0.39 is 51.0 Å². The molecule has 1 N–H and O–H groups in total. The highest BCUT2D eigenvalue weighted by molar-refractivity contribution is 7.89. The van der Waals surface area contributed by atoms with E-state index in [0.717, 1.165) is 22.1 Å². The largest absolute Gasteiger partial charge is 0.416 e. The molecule has 212 valence electrons. The first-order chi connectivity index (χ1) is 19.4. The zero-order valence-electron chi connectivity index (χ0n) is 21.5. The van der Waals surface area contributed by atoms with Gasteiger partial charge in [-0.2, -0.15) is 27.7 Å². The summed E-state index contributed by atoms with van der Waals surface area (Å²) in [5.74, 6) is -1.90. The number of fused-ring (bicyclic) bond motifs is 2. The number of aromatic nitrogens is 5. The molecular weight excluding hydrogens is 564 g/mol. The average molecular weight is 588 g/mol. The van der Waals surface area contributed by atoms with Gasteiger partial charge in [0.1, 0.15) is 11.5 Å². The van der Waals surface area contributed by atoms with E-state index in [9.17, 15) is 30.8 Å². The second-order valence-corrected chi connectivity index (χ2v) is 11.9. The lowest BCUT2D eigenvalue weighted by atomic mass is 9.76. The number of Topliss-reactive ketones (excluding diaryl/α,β-unsaturated/α-hetero) is 1. The number of H-pyrrole nitrogens is 1. The van der Waals surface area contributed by atoms with Crippen LogP contribution in [0.15, 0.2) is 71.7 Å². The lowest BCUT2D eigenvalue weighted by molar-refractivity contribution is -0.727. The predicted molar refractivity (Wildman–Crippen MR) is 137 cm³/mol.